The number of nitrogens with two attached hydrogens (primary N) is 1. The Kier molecular flexibility index (Phi) is 3.14. The average Bonchev–Trinajstić information content (AvgIpc) is 2.13. The van der Waals surface area contributed by atoms with E-state index >= 15 is 0 Å². The molecule has 0 fully saturated rings. The number of halogens is 3. The number of aromatic nitrogens is 5. The summed E-state index contributed by atoms with van der Waals surface area (Å²) in [7, 11) is 0. The molecule has 10 heteroatoms. The van der Waals surface area contributed by atoms with Crippen LogP contribution in [-0.4, -0.2) is 24.3 Å². The van der Waals surface area contributed by atoms with Crippen molar-refractivity contribution in [1.82, 2.24) is 24.3 Å². The molecule has 0 radical (unpaired) electrons. The molecule has 2 heterocycles. The van der Waals surface area contributed by atoms with Crippen molar-refractivity contribution in [2.24, 2.45) is 4.99 Å². The molecule has 17 heavy (non-hydrogen) atoms. The molecule has 2 aromatic rings. The van der Waals surface area contributed by atoms with Crippen molar-refractivity contribution in [3.05, 3.63) is 27.9 Å². The van der Waals surface area contributed by atoms with Gasteiger partial charge in [0.2, 0.25) is 27.9 Å². The molecule has 0 saturated heterocycles. The van der Waals surface area contributed by atoms with E-state index in [2.05, 4.69) is 31.5 Å². The van der Waals surface area contributed by atoms with Crippen molar-refractivity contribution in [2.45, 2.75) is 0 Å². The van der Waals surface area contributed by atoms with Gasteiger partial charge < -0.3 is 5.73 Å². The van der Waals surface area contributed by atoms with Crippen molar-refractivity contribution in [1.29, 1.82) is 0 Å². The number of anilines is 1. The van der Waals surface area contributed by atoms with Gasteiger partial charge in [-0.2, -0.15) is 19.9 Å². The highest BCUT2D eigenvalue weighted by molar-refractivity contribution is 6.29. The highest BCUT2D eigenvalue weighted by Crippen LogP contribution is 2.07. The summed E-state index contributed by atoms with van der Waals surface area (Å²) in [6, 6.07) is 0. The monoisotopic (exact) mass is 291 g/mol. The smallest absolute Gasteiger partial charge is 0.245 e. The van der Waals surface area contributed by atoms with Crippen LogP contribution in [-0.2, 0) is 0 Å². The molecule has 7 nitrogen and oxygen atoms in total. The summed E-state index contributed by atoms with van der Waals surface area (Å²) in [6.45, 7) is 3.41. The van der Waals surface area contributed by atoms with E-state index < -0.39 is 0 Å². The zero-order valence-corrected chi connectivity index (χ0v) is 10.4. The largest absolute Gasteiger partial charge is 0.369 e. The maximum atomic E-state index is 5.70. The molecule has 0 aliphatic carbocycles. The van der Waals surface area contributed by atoms with E-state index in [-0.39, 0.29) is 33.1 Å². The van der Waals surface area contributed by atoms with Crippen molar-refractivity contribution < 1.29 is 0 Å². The first-order valence-electron chi connectivity index (χ1n) is 4.12. The number of nitrogen functional groups attached to an aromatic ring is 1. The SMILES string of the molecule is C=C(Cl)/N=c1/nc(Cl)nc2nc(Cl)nc(N)n12. The summed E-state index contributed by atoms with van der Waals surface area (Å²) in [4.78, 5) is 19.1. The first-order valence-corrected chi connectivity index (χ1v) is 5.25. The minimum Gasteiger partial charge on any atom is -0.369 e. The third-order valence-corrected chi connectivity index (χ3v) is 2.06. The first-order chi connectivity index (χ1) is 7.97. The molecule has 2 rings (SSSR count). The van der Waals surface area contributed by atoms with Crippen LogP contribution in [0.5, 0.6) is 0 Å². The van der Waals surface area contributed by atoms with Gasteiger partial charge in [-0.3, -0.25) is 0 Å². The molecule has 0 bridgehead atoms. The zero-order valence-electron chi connectivity index (χ0n) is 8.10. The molecular weight excluding hydrogens is 288 g/mol. The summed E-state index contributed by atoms with van der Waals surface area (Å²) >= 11 is 16.9. The molecule has 2 N–H and O–H groups in total. The fraction of sp³-hybridized carbons (Fsp3) is 0. The second-order valence-electron chi connectivity index (χ2n) is 2.77. The minimum absolute atomic E-state index is 0.00270. The van der Waals surface area contributed by atoms with Gasteiger partial charge in [-0.25, -0.2) is 9.39 Å². The Labute approximate surface area is 110 Å². The number of nitrogens with zero attached hydrogens (tertiary/aromatic N) is 6. The quantitative estimate of drug-likeness (QED) is 0.792. The third-order valence-electron chi connectivity index (χ3n) is 1.63. The Morgan fingerprint density at radius 1 is 1.18 bits per heavy atom. The lowest BCUT2D eigenvalue weighted by Gasteiger charge is -2.03. The lowest BCUT2D eigenvalue weighted by molar-refractivity contribution is 0.856. The van der Waals surface area contributed by atoms with Crippen LogP contribution in [0.3, 0.4) is 0 Å². The lowest BCUT2D eigenvalue weighted by Crippen LogP contribution is -2.24. The summed E-state index contributed by atoms with van der Waals surface area (Å²) in [5.41, 5.74) is 5.72. The summed E-state index contributed by atoms with van der Waals surface area (Å²) < 4.78 is 1.24. The van der Waals surface area contributed by atoms with Crippen LogP contribution in [0, 0.1) is 0 Å². The van der Waals surface area contributed by atoms with Gasteiger partial charge in [0.1, 0.15) is 5.16 Å². The van der Waals surface area contributed by atoms with Crippen molar-refractivity contribution in [3.8, 4) is 0 Å². The van der Waals surface area contributed by atoms with E-state index in [0.717, 1.165) is 0 Å². The molecule has 0 aromatic carbocycles. The molecular formula is C7H4Cl3N7. The Morgan fingerprint density at radius 3 is 2.35 bits per heavy atom. The Bertz CT molecular complexity index is 672. The standard InChI is InChI=1S/C7H4Cl3N7/c1-2(8)12-6-15-4(10)16-7-14-3(9)13-5(11)17(6)7/h1H2,(H2,11,12,13,14,15,16). The van der Waals surface area contributed by atoms with Gasteiger partial charge in [-0.1, -0.05) is 18.2 Å². The molecule has 0 aliphatic heterocycles. The fourth-order valence-electron chi connectivity index (χ4n) is 1.09. The normalized spacial score (nSPS) is 12.1. The topological polar surface area (TPSA) is 94.3 Å². The van der Waals surface area contributed by atoms with Crippen LogP contribution in [0.4, 0.5) is 5.95 Å². The number of fused-ring (bicyclic) bond motifs is 1. The summed E-state index contributed by atoms with van der Waals surface area (Å²) in [5.74, 6) is 0.118. The van der Waals surface area contributed by atoms with Crippen LogP contribution in [0.15, 0.2) is 16.7 Å². The molecule has 0 aliphatic rings. The molecule has 0 spiro atoms. The molecule has 0 atom stereocenters. The average molecular weight is 293 g/mol. The van der Waals surface area contributed by atoms with Gasteiger partial charge in [-0.05, 0) is 23.2 Å². The number of hydrogen-bond acceptors (Lipinski definition) is 6. The lowest BCUT2D eigenvalue weighted by atomic mass is 10.8. The zero-order chi connectivity index (χ0) is 12.6. The van der Waals surface area contributed by atoms with Crippen LogP contribution in [0.1, 0.15) is 0 Å². The maximum Gasteiger partial charge on any atom is 0.245 e. The van der Waals surface area contributed by atoms with Crippen LogP contribution < -0.4 is 11.4 Å². The Balaban J connectivity index is 2.98. The van der Waals surface area contributed by atoms with Gasteiger partial charge >= 0.3 is 0 Å². The molecule has 88 valence electrons. The predicted octanol–water partition coefficient (Wildman–Crippen LogP) is 1.02. The van der Waals surface area contributed by atoms with E-state index in [1.807, 2.05) is 0 Å². The van der Waals surface area contributed by atoms with Crippen LogP contribution in [0.25, 0.3) is 5.78 Å². The van der Waals surface area contributed by atoms with Crippen LogP contribution in [0.2, 0.25) is 10.6 Å². The van der Waals surface area contributed by atoms with E-state index in [4.69, 9.17) is 40.5 Å². The second-order valence-corrected chi connectivity index (χ2v) is 3.88. The van der Waals surface area contributed by atoms with E-state index in [1.54, 1.807) is 0 Å². The predicted molar refractivity (Wildman–Crippen MR) is 63.6 cm³/mol. The third kappa shape index (κ3) is 2.46. The maximum absolute atomic E-state index is 5.70. The fourth-order valence-corrected chi connectivity index (χ4v) is 1.48. The van der Waals surface area contributed by atoms with Gasteiger partial charge in [0.05, 0.1) is 0 Å². The van der Waals surface area contributed by atoms with Gasteiger partial charge in [-0.15, -0.1) is 0 Å². The highest BCUT2D eigenvalue weighted by Gasteiger charge is 2.08. The van der Waals surface area contributed by atoms with Crippen molar-refractivity contribution in [2.75, 3.05) is 5.73 Å². The number of rotatable bonds is 1. The summed E-state index contributed by atoms with van der Waals surface area (Å²) in [6.07, 6.45) is 0. The number of hydrogen-bond donors (Lipinski definition) is 1. The molecule has 0 unspecified atom stereocenters. The Hall–Kier alpha value is -1.44. The first kappa shape index (κ1) is 12.0. The Morgan fingerprint density at radius 2 is 1.76 bits per heavy atom. The van der Waals surface area contributed by atoms with Crippen LogP contribution >= 0.6 is 34.8 Å². The molecule has 2 aromatic heterocycles. The molecule has 0 amide bonds. The van der Waals surface area contributed by atoms with E-state index in [0.29, 0.717) is 0 Å². The highest BCUT2D eigenvalue weighted by atomic mass is 35.5. The van der Waals surface area contributed by atoms with Crippen molar-refractivity contribution >= 4 is 46.5 Å². The molecule has 0 saturated carbocycles. The van der Waals surface area contributed by atoms with Gasteiger partial charge in [0.25, 0.3) is 0 Å². The van der Waals surface area contributed by atoms with E-state index in [9.17, 15) is 0 Å². The van der Waals surface area contributed by atoms with Gasteiger partial charge in [0, 0.05) is 0 Å². The summed E-state index contributed by atoms with van der Waals surface area (Å²) in [5, 5.41) is -0.133. The second kappa shape index (κ2) is 4.44. The van der Waals surface area contributed by atoms with Crippen molar-refractivity contribution in [3.63, 3.8) is 0 Å². The van der Waals surface area contributed by atoms with E-state index in [1.165, 1.54) is 4.40 Å². The minimum atomic E-state index is -0.0733. The van der Waals surface area contributed by atoms with Gasteiger partial charge in [0.15, 0.2) is 0 Å².